The highest BCUT2D eigenvalue weighted by Gasteiger charge is 2.20. The van der Waals surface area contributed by atoms with Crippen molar-refractivity contribution < 1.29 is 9.31 Å². The number of benzene rings is 1. The summed E-state index contributed by atoms with van der Waals surface area (Å²) in [6.07, 6.45) is 1.19. The van der Waals surface area contributed by atoms with E-state index in [0.717, 1.165) is 0 Å². The lowest BCUT2D eigenvalue weighted by molar-refractivity contribution is -0.384. The summed E-state index contributed by atoms with van der Waals surface area (Å²) in [5, 5.41) is 11.0. The smallest absolute Gasteiger partial charge is 0.278 e. The van der Waals surface area contributed by atoms with Crippen LogP contribution in [-0.4, -0.2) is 14.3 Å². The van der Waals surface area contributed by atoms with Crippen LogP contribution in [0.2, 0.25) is 0 Å². The van der Waals surface area contributed by atoms with Crippen molar-refractivity contribution >= 4 is 17.2 Å². The molecule has 3 aromatic rings. The van der Waals surface area contributed by atoms with Crippen molar-refractivity contribution in [1.29, 1.82) is 0 Å². The average Bonchev–Trinajstić information content (AvgIpc) is 2.76. The van der Waals surface area contributed by atoms with E-state index in [1.807, 2.05) is 0 Å². The van der Waals surface area contributed by atoms with Gasteiger partial charge in [-0.25, -0.2) is 9.37 Å². The Bertz CT molecular complexity index is 828. The molecule has 3 rings (SSSR count). The molecule has 0 unspecified atom stereocenters. The van der Waals surface area contributed by atoms with Gasteiger partial charge in [0.1, 0.15) is 23.0 Å². The zero-order valence-electron chi connectivity index (χ0n) is 10.2. The number of rotatable bonds is 2. The van der Waals surface area contributed by atoms with Crippen LogP contribution in [0, 0.1) is 15.9 Å². The summed E-state index contributed by atoms with van der Waals surface area (Å²) in [6.45, 7) is 0. The van der Waals surface area contributed by atoms with Crippen molar-refractivity contribution in [2.45, 2.75) is 0 Å². The number of nitro benzene ring substituents is 1. The van der Waals surface area contributed by atoms with Crippen molar-refractivity contribution in [3.8, 4) is 11.3 Å². The normalized spacial score (nSPS) is 10.8. The lowest BCUT2D eigenvalue weighted by Crippen LogP contribution is -1.97. The third-order valence-electron chi connectivity index (χ3n) is 2.98. The summed E-state index contributed by atoms with van der Waals surface area (Å²) in [5.41, 5.74) is 6.82. The quantitative estimate of drug-likeness (QED) is 0.574. The molecule has 0 aliphatic heterocycles. The number of nitrogen functional groups attached to an aromatic ring is 1. The molecule has 7 heteroatoms. The zero-order valence-corrected chi connectivity index (χ0v) is 10.2. The van der Waals surface area contributed by atoms with Crippen LogP contribution >= 0.6 is 0 Å². The minimum atomic E-state index is -0.501. The maximum Gasteiger partial charge on any atom is 0.278 e. The first-order valence-corrected chi connectivity index (χ1v) is 5.75. The average molecular weight is 272 g/mol. The minimum absolute atomic E-state index is 0.0944. The molecular formula is C13H9FN4O2. The van der Waals surface area contributed by atoms with E-state index in [2.05, 4.69) is 4.98 Å². The van der Waals surface area contributed by atoms with Gasteiger partial charge in [-0.1, -0.05) is 12.1 Å². The van der Waals surface area contributed by atoms with Crippen molar-refractivity contribution in [3.63, 3.8) is 0 Å². The van der Waals surface area contributed by atoms with Crippen LogP contribution in [-0.2, 0) is 0 Å². The van der Waals surface area contributed by atoms with Gasteiger partial charge in [-0.3, -0.25) is 14.5 Å². The predicted octanol–water partition coefficient (Wildman–Crippen LogP) is 2.63. The molecule has 0 bridgehead atoms. The SMILES string of the molecule is Nc1c(-c2ccccc2[N+](=O)[O-])nc2ccc(F)cn12. The zero-order chi connectivity index (χ0) is 14.3. The molecule has 0 spiro atoms. The molecule has 6 nitrogen and oxygen atoms in total. The van der Waals surface area contributed by atoms with Gasteiger partial charge in [-0.2, -0.15) is 0 Å². The lowest BCUT2D eigenvalue weighted by atomic mass is 10.1. The number of aromatic nitrogens is 2. The Hall–Kier alpha value is -2.96. The minimum Gasteiger partial charge on any atom is -0.383 e. The standard InChI is InChI=1S/C13H9FN4O2/c14-8-5-6-11-16-12(13(15)17(11)7-8)9-3-1-2-4-10(9)18(19)20/h1-7H,15H2. The molecule has 0 fully saturated rings. The third kappa shape index (κ3) is 1.76. The van der Waals surface area contributed by atoms with Crippen molar-refractivity contribution in [2.75, 3.05) is 5.73 Å². The molecule has 0 aliphatic carbocycles. The second kappa shape index (κ2) is 4.30. The monoisotopic (exact) mass is 272 g/mol. The molecule has 0 aliphatic rings. The second-order valence-electron chi connectivity index (χ2n) is 4.20. The van der Waals surface area contributed by atoms with Gasteiger partial charge in [0.05, 0.1) is 10.5 Å². The van der Waals surface area contributed by atoms with E-state index in [1.165, 1.54) is 28.8 Å². The highest BCUT2D eigenvalue weighted by Crippen LogP contribution is 2.33. The number of nitrogens with two attached hydrogens (primary N) is 1. The number of hydrogen-bond acceptors (Lipinski definition) is 4. The molecule has 0 atom stereocenters. The molecule has 2 N–H and O–H groups in total. The summed E-state index contributed by atoms with van der Waals surface area (Å²) < 4.78 is 14.6. The van der Waals surface area contributed by atoms with Gasteiger partial charge in [-0.05, 0) is 18.2 Å². The summed E-state index contributed by atoms with van der Waals surface area (Å²) in [4.78, 5) is 14.8. The highest BCUT2D eigenvalue weighted by atomic mass is 19.1. The molecule has 1 aromatic carbocycles. The van der Waals surface area contributed by atoms with Gasteiger partial charge in [0.2, 0.25) is 0 Å². The summed E-state index contributed by atoms with van der Waals surface area (Å²) in [6, 6.07) is 8.88. The largest absolute Gasteiger partial charge is 0.383 e. The van der Waals surface area contributed by atoms with E-state index in [9.17, 15) is 14.5 Å². The fourth-order valence-electron chi connectivity index (χ4n) is 2.07. The molecule has 2 heterocycles. The lowest BCUT2D eigenvalue weighted by Gasteiger charge is -2.00. The third-order valence-corrected chi connectivity index (χ3v) is 2.98. The first kappa shape index (κ1) is 12.1. The Morgan fingerprint density at radius 3 is 2.75 bits per heavy atom. The van der Waals surface area contributed by atoms with Crippen LogP contribution in [0.4, 0.5) is 15.9 Å². The van der Waals surface area contributed by atoms with Crippen LogP contribution in [0.25, 0.3) is 16.9 Å². The number of pyridine rings is 1. The van der Waals surface area contributed by atoms with Gasteiger partial charge in [-0.15, -0.1) is 0 Å². The molecular weight excluding hydrogens is 263 g/mol. The maximum absolute atomic E-state index is 13.2. The van der Waals surface area contributed by atoms with Crippen molar-refractivity contribution in [1.82, 2.24) is 9.38 Å². The van der Waals surface area contributed by atoms with E-state index >= 15 is 0 Å². The van der Waals surface area contributed by atoms with E-state index in [0.29, 0.717) is 11.2 Å². The molecule has 0 saturated heterocycles. The number of hydrogen-bond donors (Lipinski definition) is 1. The summed E-state index contributed by atoms with van der Waals surface area (Å²) in [7, 11) is 0. The van der Waals surface area contributed by atoms with Crippen LogP contribution in [0.3, 0.4) is 0 Å². The van der Waals surface area contributed by atoms with Crippen LogP contribution in [0.1, 0.15) is 0 Å². The number of para-hydroxylation sites is 1. The molecule has 0 saturated carbocycles. The van der Waals surface area contributed by atoms with E-state index < -0.39 is 10.7 Å². The summed E-state index contributed by atoms with van der Waals surface area (Å²) in [5.74, 6) is -0.301. The Morgan fingerprint density at radius 1 is 1.25 bits per heavy atom. The van der Waals surface area contributed by atoms with E-state index in [4.69, 9.17) is 5.73 Å². The van der Waals surface area contributed by atoms with Gasteiger partial charge in [0.15, 0.2) is 0 Å². The number of nitro groups is 1. The molecule has 2 aromatic heterocycles. The van der Waals surface area contributed by atoms with E-state index in [1.54, 1.807) is 18.2 Å². The molecule has 20 heavy (non-hydrogen) atoms. The van der Waals surface area contributed by atoms with Crippen LogP contribution in [0.15, 0.2) is 42.6 Å². The van der Waals surface area contributed by atoms with Gasteiger partial charge < -0.3 is 5.73 Å². The van der Waals surface area contributed by atoms with Crippen molar-refractivity contribution in [3.05, 3.63) is 58.5 Å². The number of fused-ring (bicyclic) bond motifs is 1. The first-order valence-electron chi connectivity index (χ1n) is 5.75. The molecule has 100 valence electrons. The second-order valence-corrected chi connectivity index (χ2v) is 4.20. The fraction of sp³-hybridized carbons (Fsp3) is 0. The summed E-state index contributed by atoms with van der Waals surface area (Å²) >= 11 is 0. The highest BCUT2D eigenvalue weighted by molar-refractivity contribution is 5.80. The Morgan fingerprint density at radius 2 is 2.00 bits per heavy atom. The Labute approximate surface area is 112 Å². The Kier molecular flexibility index (Phi) is 2.60. The maximum atomic E-state index is 13.2. The fourth-order valence-corrected chi connectivity index (χ4v) is 2.07. The van der Waals surface area contributed by atoms with Crippen molar-refractivity contribution in [2.24, 2.45) is 0 Å². The first-order chi connectivity index (χ1) is 9.58. The number of nitrogens with zero attached hydrogens (tertiary/aromatic N) is 3. The van der Waals surface area contributed by atoms with Gasteiger partial charge >= 0.3 is 0 Å². The number of imidazole rings is 1. The predicted molar refractivity (Wildman–Crippen MR) is 71.7 cm³/mol. The molecule has 0 amide bonds. The van der Waals surface area contributed by atoms with Crippen LogP contribution < -0.4 is 5.73 Å². The number of halogens is 1. The van der Waals surface area contributed by atoms with E-state index in [-0.39, 0.29) is 17.2 Å². The van der Waals surface area contributed by atoms with Crippen LogP contribution in [0.5, 0.6) is 0 Å². The van der Waals surface area contributed by atoms with Gasteiger partial charge in [0.25, 0.3) is 5.69 Å². The number of anilines is 1. The molecule has 0 radical (unpaired) electrons. The topological polar surface area (TPSA) is 86.5 Å². The van der Waals surface area contributed by atoms with Gasteiger partial charge in [0, 0.05) is 12.3 Å². The Balaban J connectivity index is 2.30.